The van der Waals surface area contributed by atoms with Gasteiger partial charge in [-0.25, -0.2) is 8.42 Å². The summed E-state index contributed by atoms with van der Waals surface area (Å²) in [5.41, 5.74) is -0.0326. The van der Waals surface area contributed by atoms with E-state index >= 15 is 0 Å². The summed E-state index contributed by atoms with van der Waals surface area (Å²) < 4.78 is 67.4. The first-order valence-corrected chi connectivity index (χ1v) is 9.91. The van der Waals surface area contributed by atoms with Crippen LogP contribution in [0.2, 0.25) is 0 Å². The number of halogens is 3. The van der Waals surface area contributed by atoms with Gasteiger partial charge in [-0.1, -0.05) is 12.1 Å². The van der Waals surface area contributed by atoms with Gasteiger partial charge in [0.15, 0.2) is 6.61 Å². The summed E-state index contributed by atoms with van der Waals surface area (Å²) in [6, 6.07) is 10.8. The molecule has 0 saturated carbocycles. The number of alkyl halides is 3. The van der Waals surface area contributed by atoms with E-state index in [2.05, 4.69) is 5.32 Å². The molecule has 6 nitrogen and oxygen atoms in total. The number of carbonyl (C=O) groups is 1. The van der Waals surface area contributed by atoms with E-state index in [-0.39, 0.29) is 13.2 Å². The number of benzene rings is 2. The fourth-order valence-electron chi connectivity index (χ4n) is 2.20. The molecule has 0 bridgehead atoms. The third kappa shape index (κ3) is 6.15. The fraction of sp³-hybridized carbons (Fsp3) is 0.278. The van der Waals surface area contributed by atoms with E-state index in [0.29, 0.717) is 17.0 Å². The highest BCUT2D eigenvalue weighted by atomic mass is 32.2. The van der Waals surface area contributed by atoms with Crippen molar-refractivity contribution < 1.29 is 31.1 Å². The van der Waals surface area contributed by atoms with Crippen molar-refractivity contribution in [3.8, 4) is 5.75 Å². The smallest absolute Gasteiger partial charge is 0.416 e. The summed E-state index contributed by atoms with van der Waals surface area (Å²) in [7, 11) is -1.97. The van der Waals surface area contributed by atoms with Gasteiger partial charge in [0.25, 0.3) is 5.91 Å². The summed E-state index contributed by atoms with van der Waals surface area (Å²) in [5, 5.41) is 2.48. The predicted molar refractivity (Wildman–Crippen MR) is 98.5 cm³/mol. The first kappa shape index (κ1) is 21.5. The highest BCUT2D eigenvalue weighted by Gasteiger charge is 2.30. The molecule has 2 rings (SSSR count). The van der Waals surface area contributed by atoms with Gasteiger partial charge in [0.1, 0.15) is 5.75 Å². The molecule has 10 heteroatoms. The molecule has 28 heavy (non-hydrogen) atoms. The first-order chi connectivity index (χ1) is 13.0. The van der Waals surface area contributed by atoms with Crippen molar-refractivity contribution in [1.82, 2.24) is 5.32 Å². The van der Waals surface area contributed by atoms with Crippen molar-refractivity contribution in [3.05, 3.63) is 59.7 Å². The third-order valence-corrected chi connectivity index (χ3v) is 5.02. The zero-order valence-electron chi connectivity index (χ0n) is 15.2. The Morgan fingerprint density at radius 2 is 1.79 bits per heavy atom. The Kier molecular flexibility index (Phi) is 6.55. The molecule has 0 heterocycles. The summed E-state index contributed by atoms with van der Waals surface area (Å²) in [6.45, 7) is -0.398. The molecule has 1 N–H and O–H groups in total. The van der Waals surface area contributed by atoms with Gasteiger partial charge in [0.2, 0.25) is 10.0 Å². The molecule has 0 aliphatic heterocycles. The zero-order chi connectivity index (χ0) is 20.9. The van der Waals surface area contributed by atoms with Gasteiger partial charge in [-0.3, -0.25) is 9.10 Å². The van der Waals surface area contributed by atoms with Crippen LogP contribution in [0.15, 0.2) is 48.5 Å². The maximum absolute atomic E-state index is 12.7. The number of anilines is 1. The van der Waals surface area contributed by atoms with Crippen LogP contribution < -0.4 is 14.4 Å². The van der Waals surface area contributed by atoms with Crippen LogP contribution in [0.5, 0.6) is 5.75 Å². The minimum Gasteiger partial charge on any atom is -0.484 e. The van der Waals surface area contributed by atoms with Crippen LogP contribution in [-0.4, -0.2) is 34.2 Å². The molecule has 0 aliphatic rings. The van der Waals surface area contributed by atoms with Gasteiger partial charge in [0.05, 0.1) is 17.5 Å². The Hall–Kier alpha value is -2.75. The normalized spacial score (nSPS) is 11.8. The van der Waals surface area contributed by atoms with Crippen molar-refractivity contribution >= 4 is 21.6 Å². The highest BCUT2D eigenvalue weighted by Crippen LogP contribution is 2.29. The molecule has 0 unspecified atom stereocenters. The number of rotatable bonds is 7. The topological polar surface area (TPSA) is 75.7 Å². The second-order valence-corrected chi connectivity index (χ2v) is 8.00. The van der Waals surface area contributed by atoms with Gasteiger partial charge >= 0.3 is 6.18 Å². The van der Waals surface area contributed by atoms with Crippen molar-refractivity contribution in [2.45, 2.75) is 12.7 Å². The zero-order valence-corrected chi connectivity index (χ0v) is 16.0. The van der Waals surface area contributed by atoms with Crippen molar-refractivity contribution in [2.75, 3.05) is 24.2 Å². The number of hydrogen-bond acceptors (Lipinski definition) is 4. The Labute approximate surface area is 161 Å². The van der Waals surface area contributed by atoms with Crippen LogP contribution in [-0.2, 0) is 27.5 Å². The fourth-order valence-corrected chi connectivity index (χ4v) is 2.71. The quantitative estimate of drug-likeness (QED) is 0.753. The lowest BCUT2D eigenvalue weighted by atomic mass is 10.1. The molecule has 0 radical (unpaired) electrons. The van der Waals surface area contributed by atoms with E-state index in [1.165, 1.54) is 43.4 Å². The van der Waals surface area contributed by atoms with Crippen LogP contribution in [0, 0.1) is 0 Å². The van der Waals surface area contributed by atoms with E-state index in [0.717, 1.165) is 22.7 Å². The maximum atomic E-state index is 12.7. The summed E-state index contributed by atoms with van der Waals surface area (Å²) in [6.07, 6.45) is -3.37. The predicted octanol–water partition coefficient (Wildman–Crippen LogP) is 2.80. The Balaban J connectivity index is 1.86. The lowest BCUT2D eigenvalue weighted by molar-refractivity contribution is -0.137. The van der Waals surface area contributed by atoms with Gasteiger partial charge in [-0.15, -0.1) is 0 Å². The van der Waals surface area contributed by atoms with E-state index in [1.807, 2.05) is 0 Å². The van der Waals surface area contributed by atoms with Crippen LogP contribution in [0.25, 0.3) is 0 Å². The molecule has 0 aliphatic carbocycles. The molecule has 2 aromatic carbocycles. The van der Waals surface area contributed by atoms with Crippen LogP contribution in [0.4, 0.5) is 18.9 Å². The van der Waals surface area contributed by atoms with Gasteiger partial charge in [-0.05, 0) is 42.0 Å². The Morgan fingerprint density at radius 3 is 2.36 bits per heavy atom. The number of carbonyl (C=O) groups excluding carboxylic acids is 1. The lowest BCUT2D eigenvalue weighted by Gasteiger charge is -2.16. The summed E-state index contributed by atoms with van der Waals surface area (Å²) >= 11 is 0. The van der Waals surface area contributed by atoms with Crippen molar-refractivity contribution in [1.29, 1.82) is 0 Å². The molecule has 0 spiro atoms. The number of nitrogens with one attached hydrogen (secondary N) is 1. The van der Waals surface area contributed by atoms with Crippen LogP contribution in [0.1, 0.15) is 11.1 Å². The Bertz CT molecular complexity index is 929. The average Bonchev–Trinajstić information content (AvgIpc) is 2.63. The van der Waals surface area contributed by atoms with E-state index in [4.69, 9.17) is 4.74 Å². The molecule has 0 fully saturated rings. The van der Waals surface area contributed by atoms with Crippen LogP contribution >= 0.6 is 0 Å². The second-order valence-electron chi connectivity index (χ2n) is 5.99. The third-order valence-electron chi connectivity index (χ3n) is 3.81. The molecular weight excluding hydrogens is 397 g/mol. The van der Waals surface area contributed by atoms with Crippen LogP contribution in [0.3, 0.4) is 0 Å². The molecule has 0 saturated heterocycles. The van der Waals surface area contributed by atoms with E-state index in [9.17, 15) is 26.4 Å². The monoisotopic (exact) mass is 416 g/mol. The molecule has 1 amide bonds. The number of amides is 1. The number of sulfonamides is 1. The highest BCUT2D eigenvalue weighted by molar-refractivity contribution is 7.92. The minimum absolute atomic E-state index is 0.0653. The van der Waals surface area contributed by atoms with Crippen molar-refractivity contribution in [3.63, 3.8) is 0 Å². The average molecular weight is 416 g/mol. The largest absolute Gasteiger partial charge is 0.484 e. The minimum atomic E-state index is -4.44. The summed E-state index contributed by atoms with van der Waals surface area (Å²) in [4.78, 5) is 11.8. The van der Waals surface area contributed by atoms with E-state index in [1.54, 1.807) is 0 Å². The Morgan fingerprint density at radius 1 is 1.14 bits per heavy atom. The number of ether oxygens (including phenoxy) is 1. The van der Waals surface area contributed by atoms with E-state index < -0.39 is 27.7 Å². The molecule has 0 aromatic heterocycles. The maximum Gasteiger partial charge on any atom is 0.416 e. The van der Waals surface area contributed by atoms with Gasteiger partial charge < -0.3 is 10.1 Å². The molecule has 152 valence electrons. The van der Waals surface area contributed by atoms with Gasteiger partial charge in [0, 0.05) is 13.6 Å². The second kappa shape index (κ2) is 8.51. The number of nitrogens with zero attached hydrogens (tertiary/aromatic N) is 1. The first-order valence-electron chi connectivity index (χ1n) is 8.06. The summed E-state index contributed by atoms with van der Waals surface area (Å²) in [5.74, 6) is -0.158. The van der Waals surface area contributed by atoms with Crippen molar-refractivity contribution in [2.24, 2.45) is 0 Å². The molecule has 0 atom stereocenters. The standard InChI is InChI=1S/C18H19F3N2O4S/c1-23(28(2,25)26)15-6-8-16(9-7-15)27-12-17(24)22-11-13-4-3-5-14(10-13)18(19,20)21/h3-10H,11-12H2,1-2H3,(H,22,24). The molecule has 2 aromatic rings. The van der Waals surface area contributed by atoms with Gasteiger partial charge in [-0.2, -0.15) is 13.2 Å². The SMILES string of the molecule is CN(c1ccc(OCC(=O)NCc2cccc(C(F)(F)F)c2)cc1)S(C)(=O)=O. The molecular formula is C18H19F3N2O4S. The lowest BCUT2D eigenvalue weighted by Crippen LogP contribution is -2.28. The number of hydrogen-bond donors (Lipinski definition) is 1.